The minimum absolute atomic E-state index is 0.0777. The Morgan fingerprint density at radius 3 is 2.58 bits per heavy atom. The highest BCUT2D eigenvalue weighted by molar-refractivity contribution is 5.93. The molecule has 0 saturated heterocycles. The van der Waals surface area contributed by atoms with Gasteiger partial charge in [0.1, 0.15) is 17.9 Å². The van der Waals surface area contributed by atoms with Crippen molar-refractivity contribution in [1.82, 2.24) is 9.78 Å². The van der Waals surface area contributed by atoms with Gasteiger partial charge in [-0.15, -0.1) is 0 Å². The van der Waals surface area contributed by atoms with E-state index in [0.717, 1.165) is 0 Å². The third-order valence-electron chi connectivity index (χ3n) is 3.63. The summed E-state index contributed by atoms with van der Waals surface area (Å²) in [6, 6.07) is 11.0. The van der Waals surface area contributed by atoms with Crippen LogP contribution < -0.4 is 4.90 Å². The zero-order valence-corrected chi connectivity index (χ0v) is 13.5. The fourth-order valence-electron chi connectivity index (χ4n) is 2.49. The molecule has 0 unspecified atom stereocenters. The van der Waals surface area contributed by atoms with Crippen molar-refractivity contribution in [2.45, 2.75) is 26.8 Å². The molecule has 124 valence electrons. The van der Waals surface area contributed by atoms with Gasteiger partial charge in [0.2, 0.25) is 5.91 Å². The van der Waals surface area contributed by atoms with Crippen molar-refractivity contribution in [2.75, 3.05) is 11.4 Å². The molecule has 0 saturated carbocycles. The summed E-state index contributed by atoms with van der Waals surface area (Å²) in [7, 11) is 0. The molecular weight excluding hydrogens is 310 g/mol. The van der Waals surface area contributed by atoms with Crippen LogP contribution in [0.1, 0.15) is 17.8 Å². The lowest BCUT2D eigenvalue weighted by Gasteiger charge is -2.22. The Balaban J connectivity index is 2.27. The van der Waals surface area contributed by atoms with Gasteiger partial charge in [-0.25, -0.2) is 0 Å². The number of carbonyl (C=O) groups excluding carboxylic acids is 1. The van der Waals surface area contributed by atoms with E-state index in [0.29, 0.717) is 11.4 Å². The number of nitrogens with zero attached hydrogens (tertiary/aromatic N) is 5. The lowest BCUT2D eigenvalue weighted by Crippen LogP contribution is -2.35. The van der Waals surface area contributed by atoms with Crippen LogP contribution in [0.4, 0.5) is 11.4 Å². The Hall–Kier alpha value is -3.21. The molecule has 0 aliphatic rings. The van der Waals surface area contributed by atoms with E-state index in [1.165, 1.54) is 16.5 Å². The predicted octanol–water partition coefficient (Wildman–Crippen LogP) is 2.36. The first-order chi connectivity index (χ1) is 11.5. The summed E-state index contributed by atoms with van der Waals surface area (Å²) in [6.07, 6.45) is 0.192. The van der Waals surface area contributed by atoms with Gasteiger partial charge in [-0.1, -0.05) is 18.2 Å². The van der Waals surface area contributed by atoms with Crippen molar-refractivity contribution in [2.24, 2.45) is 0 Å². The Morgan fingerprint density at radius 1 is 1.38 bits per heavy atom. The first-order valence-electron chi connectivity index (χ1n) is 7.36. The van der Waals surface area contributed by atoms with Crippen molar-refractivity contribution in [3.63, 3.8) is 0 Å². The third kappa shape index (κ3) is 3.57. The van der Waals surface area contributed by atoms with Gasteiger partial charge in [-0.2, -0.15) is 10.4 Å². The molecule has 1 aromatic heterocycles. The zero-order chi connectivity index (χ0) is 17.7. The molecule has 0 aliphatic heterocycles. The molecule has 2 aromatic rings. The Kier molecular flexibility index (Phi) is 5.27. The largest absolute Gasteiger partial charge is 0.312 e. The summed E-state index contributed by atoms with van der Waals surface area (Å²) >= 11 is 0. The number of nitro groups is 1. The van der Waals surface area contributed by atoms with Crippen LogP contribution in [0.15, 0.2) is 30.3 Å². The Labute approximate surface area is 139 Å². The van der Waals surface area contributed by atoms with Gasteiger partial charge in [-0.3, -0.25) is 19.6 Å². The van der Waals surface area contributed by atoms with Crippen molar-refractivity contribution in [3.8, 4) is 6.07 Å². The molecule has 0 radical (unpaired) electrons. The van der Waals surface area contributed by atoms with Gasteiger partial charge < -0.3 is 4.90 Å². The van der Waals surface area contributed by atoms with E-state index in [1.54, 1.807) is 31.2 Å². The number of benzene rings is 1. The van der Waals surface area contributed by atoms with Crippen molar-refractivity contribution >= 4 is 17.3 Å². The van der Waals surface area contributed by atoms with Crippen molar-refractivity contribution < 1.29 is 9.72 Å². The number of aryl methyl sites for hydroxylation is 1. The van der Waals surface area contributed by atoms with E-state index in [9.17, 15) is 14.9 Å². The quantitative estimate of drug-likeness (QED) is 0.598. The molecule has 2 rings (SSSR count). The summed E-state index contributed by atoms with van der Waals surface area (Å²) in [5.41, 5.74) is 1.20. The Morgan fingerprint density at radius 2 is 2.04 bits per heavy atom. The molecule has 24 heavy (non-hydrogen) atoms. The number of para-hydroxylation sites is 1. The number of rotatable bonds is 6. The lowest BCUT2D eigenvalue weighted by atomic mass is 10.2. The number of amides is 1. The molecule has 0 N–H and O–H groups in total. The number of anilines is 1. The molecule has 8 nitrogen and oxygen atoms in total. The summed E-state index contributed by atoms with van der Waals surface area (Å²) in [4.78, 5) is 24.7. The SMILES string of the molecule is Cc1nn(CC(=O)N(CCC#N)c2ccccc2)c(C)c1[N+](=O)[O-]. The highest BCUT2D eigenvalue weighted by Crippen LogP contribution is 2.22. The standard InChI is InChI=1S/C16H17N5O3/c1-12-16(21(23)24)13(2)20(18-12)11-15(22)19(10-6-9-17)14-7-4-3-5-8-14/h3-5,7-8H,6,10-11H2,1-2H3. The minimum atomic E-state index is -0.497. The Bertz CT molecular complexity index is 792. The van der Waals surface area contributed by atoms with Gasteiger partial charge in [-0.05, 0) is 26.0 Å². The monoisotopic (exact) mass is 327 g/mol. The smallest absolute Gasteiger partial charge is 0.310 e. The topological polar surface area (TPSA) is 105 Å². The molecule has 1 heterocycles. The van der Waals surface area contributed by atoms with Crippen LogP contribution in [0.2, 0.25) is 0 Å². The number of hydrogen-bond donors (Lipinski definition) is 0. The molecule has 1 amide bonds. The van der Waals surface area contributed by atoms with Crippen molar-refractivity contribution in [3.05, 3.63) is 51.8 Å². The van der Waals surface area contributed by atoms with Crippen LogP contribution in [0.5, 0.6) is 0 Å². The van der Waals surface area contributed by atoms with Crippen LogP contribution >= 0.6 is 0 Å². The molecule has 0 aliphatic carbocycles. The van der Waals surface area contributed by atoms with E-state index >= 15 is 0 Å². The molecular formula is C16H17N5O3. The summed E-state index contributed by atoms with van der Waals surface area (Å²) in [6.45, 7) is 3.23. The van der Waals surface area contributed by atoms with E-state index in [4.69, 9.17) is 5.26 Å². The normalized spacial score (nSPS) is 10.2. The first kappa shape index (κ1) is 17.1. The highest BCUT2D eigenvalue weighted by atomic mass is 16.6. The van der Waals surface area contributed by atoms with Gasteiger partial charge in [0.15, 0.2) is 0 Å². The van der Waals surface area contributed by atoms with Crippen LogP contribution in [0.25, 0.3) is 0 Å². The highest BCUT2D eigenvalue weighted by Gasteiger charge is 2.24. The molecule has 0 atom stereocenters. The average Bonchev–Trinajstić information content (AvgIpc) is 2.82. The van der Waals surface area contributed by atoms with E-state index in [2.05, 4.69) is 5.10 Å². The third-order valence-corrected chi connectivity index (χ3v) is 3.63. The summed E-state index contributed by atoms with van der Waals surface area (Å²) in [5.74, 6) is -0.281. The van der Waals surface area contributed by atoms with E-state index in [-0.39, 0.29) is 36.8 Å². The molecule has 8 heteroatoms. The number of nitriles is 1. The van der Waals surface area contributed by atoms with Gasteiger partial charge in [0.05, 0.1) is 17.4 Å². The number of aromatic nitrogens is 2. The molecule has 0 fully saturated rings. The maximum Gasteiger partial charge on any atom is 0.312 e. The van der Waals surface area contributed by atoms with Crippen molar-refractivity contribution in [1.29, 1.82) is 5.26 Å². The number of hydrogen-bond acceptors (Lipinski definition) is 5. The molecule has 0 spiro atoms. The summed E-state index contributed by atoms with van der Waals surface area (Å²) < 4.78 is 1.33. The van der Waals surface area contributed by atoms with Gasteiger partial charge >= 0.3 is 5.69 Å². The second-order valence-electron chi connectivity index (χ2n) is 5.22. The maximum absolute atomic E-state index is 12.6. The zero-order valence-electron chi connectivity index (χ0n) is 13.5. The summed E-state index contributed by atoms with van der Waals surface area (Å²) in [5, 5.41) is 23.9. The van der Waals surface area contributed by atoms with Crippen LogP contribution in [-0.2, 0) is 11.3 Å². The van der Waals surface area contributed by atoms with E-state index in [1.807, 2.05) is 12.1 Å². The van der Waals surface area contributed by atoms with Gasteiger partial charge in [0, 0.05) is 12.2 Å². The van der Waals surface area contributed by atoms with Crippen LogP contribution in [-0.4, -0.2) is 27.2 Å². The first-order valence-corrected chi connectivity index (χ1v) is 7.36. The predicted molar refractivity (Wildman–Crippen MR) is 87.4 cm³/mol. The van der Waals surface area contributed by atoms with E-state index < -0.39 is 4.92 Å². The second kappa shape index (κ2) is 7.37. The fraction of sp³-hybridized carbons (Fsp3) is 0.312. The minimum Gasteiger partial charge on any atom is -0.310 e. The van der Waals surface area contributed by atoms with Crippen LogP contribution in [0.3, 0.4) is 0 Å². The number of carbonyl (C=O) groups is 1. The average molecular weight is 327 g/mol. The molecule has 0 bridgehead atoms. The lowest BCUT2D eigenvalue weighted by molar-refractivity contribution is -0.386. The second-order valence-corrected chi connectivity index (χ2v) is 5.22. The fourth-order valence-corrected chi connectivity index (χ4v) is 2.49. The van der Waals surface area contributed by atoms with Gasteiger partial charge in [0.25, 0.3) is 0 Å². The molecule has 1 aromatic carbocycles. The van der Waals surface area contributed by atoms with Crippen LogP contribution in [0, 0.1) is 35.3 Å². The maximum atomic E-state index is 12.6.